The van der Waals surface area contributed by atoms with Crippen molar-refractivity contribution in [1.82, 2.24) is 9.97 Å². The van der Waals surface area contributed by atoms with Crippen LogP contribution in [0.4, 0.5) is 5.69 Å². The third-order valence-electron chi connectivity index (χ3n) is 3.23. The van der Waals surface area contributed by atoms with Crippen molar-refractivity contribution in [3.05, 3.63) is 41.2 Å². The predicted octanol–water partition coefficient (Wildman–Crippen LogP) is 2.80. The summed E-state index contributed by atoms with van der Waals surface area (Å²) in [6.45, 7) is 4.02. The van der Waals surface area contributed by atoms with Crippen LogP contribution < -0.4 is 5.32 Å². The van der Waals surface area contributed by atoms with Gasteiger partial charge < -0.3 is 15.0 Å². The van der Waals surface area contributed by atoms with Gasteiger partial charge in [0, 0.05) is 11.4 Å². The number of aromatic amines is 1. The van der Waals surface area contributed by atoms with Gasteiger partial charge >= 0.3 is 5.97 Å². The van der Waals surface area contributed by atoms with Crippen LogP contribution in [-0.4, -0.2) is 34.7 Å². The number of ether oxygens (including phenoxy) is 1. The number of benzene rings is 1. The summed E-state index contributed by atoms with van der Waals surface area (Å²) in [6, 6.07) is 6.55. The molecule has 1 heterocycles. The molecule has 0 saturated heterocycles. The number of amides is 1. The van der Waals surface area contributed by atoms with Gasteiger partial charge in [-0.15, -0.1) is 0 Å². The summed E-state index contributed by atoms with van der Waals surface area (Å²) in [5, 5.41) is 3.52. The Bertz CT molecular complexity index is 695. The minimum absolute atomic E-state index is 0.132. The van der Waals surface area contributed by atoms with Crippen LogP contribution in [0.1, 0.15) is 28.7 Å². The maximum absolute atomic E-state index is 12.0. The van der Waals surface area contributed by atoms with E-state index in [0.717, 1.165) is 23.0 Å². The summed E-state index contributed by atoms with van der Waals surface area (Å²) in [5.74, 6) is -0.277. The smallest absolute Gasteiger partial charge is 0.337 e. The Morgan fingerprint density at radius 1 is 1.30 bits per heavy atom. The van der Waals surface area contributed by atoms with Crippen molar-refractivity contribution >= 4 is 29.3 Å². The Balaban J connectivity index is 1.88. The largest absolute Gasteiger partial charge is 0.465 e. The third-order valence-corrected chi connectivity index (χ3v) is 4.10. The Morgan fingerprint density at radius 3 is 2.57 bits per heavy atom. The Hall–Kier alpha value is -2.28. The summed E-state index contributed by atoms with van der Waals surface area (Å²) < 4.78 is 4.63. The topological polar surface area (TPSA) is 84.1 Å². The van der Waals surface area contributed by atoms with Gasteiger partial charge in [0.1, 0.15) is 0 Å². The molecule has 1 aromatic heterocycles. The SMILES string of the molecule is CCc1nc(SCC(=O)Nc2ccc(C(=O)OC)cc2)[nH]c1C. The molecule has 2 aromatic rings. The van der Waals surface area contributed by atoms with Crippen molar-refractivity contribution in [2.75, 3.05) is 18.2 Å². The molecule has 0 aliphatic rings. The molecule has 0 fully saturated rings. The number of H-pyrrole nitrogens is 1. The zero-order chi connectivity index (χ0) is 16.8. The molecule has 1 amide bonds. The number of methoxy groups -OCH3 is 1. The quantitative estimate of drug-likeness (QED) is 0.627. The number of imidazole rings is 1. The molecule has 0 atom stereocenters. The van der Waals surface area contributed by atoms with E-state index < -0.39 is 5.97 Å². The minimum atomic E-state index is -0.404. The second-order valence-corrected chi connectivity index (χ2v) is 5.84. The fraction of sp³-hybridized carbons (Fsp3) is 0.312. The van der Waals surface area contributed by atoms with Crippen LogP contribution in [0.3, 0.4) is 0 Å². The standard InChI is InChI=1S/C16H19N3O3S/c1-4-13-10(2)17-16(19-13)23-9-14(20)18-12-7-5-11(6-8-12)15(21)22-3/h5-8H,4,9H2,1-3H3,(H,17,19)(H,18,20). The van der Waals surface area contributed by atoms with Crippen molar-refractivity contribution in [2.45, 2.75) is 25.4 Å². The van der Waals surface area contributed by atoms with Crippen LogP contribution in [-0.2, 0) is 16.0 Å². The first-order valence-electron chi connectivity index (χ1n) is 7.20. The number of aryl methyl sites for hydroxylation is 2. The second-order valence-electron chi connectivity index (χ2n) is 4.87. The van der Waals surface area contributed by atoms with E-state index in [9.17, 15) is 9.59 Å². The van der Waals surface area contributed by atoms with Gasteiger partial charge in [-0.05, 0) is 37.6 Å². The highest BCUT2D eigenvalue weighted by molar-refractivity contribution is 7.99. The van der Waals surface area contributed by atoms with E-state index in [4.69, 9.17) is 0 Å². The van der Waals surface area contributed by atoms with E-state index in [-0.39, 0.29) is 11.7 Å². The summed E-state index contributed by atoms with van der Waals surface area (Å²) >= 11 is 1.36. The van der Waals surface area contributed by atoms with Gasteiger partial charge in [0.25, 0.3) is 0 Å². The maximum atomic E-state index is 12.0. The molecule has 7 heteroatoms. The molecule has 2 rings (SSSR count). The van der Waals surface area contributed by atoms with E-state index in [2.05, 4.69) is 20.0 Å². The van der Waals surface area contributed by atoms with Crippen molar-refractivity contribution < 1.29 is 14.3 Å². The first-order chi connectivity index (χ1) is 11.0. The molecule has 6 nitrogen and oxygen atoms in total. The van der Waals surface area contributed by atoms with Gasteiger partial charge in [0.05, 0.1) is 24.1 Å². The Morgan fingerprint density at radius 2 is 2.00 bits per heavy atom. The van der Waals surface area contributed by atoms with Gasteiger partial charge in [-0.2, -0.15) is 0 Å². The number of rotatable bonds is 6. The van der Waals surface area contributed by atoms with Crippen molar-refractivity contribution in [2.24, 2.45) is 0 Å². The summed E-state index contributed by atoms with van der Waals surface area (Å²) in [5.41, 5.74) is 3.13. The number of anilines is 1. The number of hydrogen-bond donors (Lipinski definition) is 2. The summed E-state index contributed by atoms with van der Waals surface area (Å²) in [6.07, 6.45) is 0.863. The third kappa shape index (κ3) is 4.59. The number of nitrogens with zero attached hydrogens (tertiary/aromatic N) is 1. The molecule has 0 aliphatic carbocycles. The fourth-order valence-electron chi connectivity index (χ4n) is 2.02. The lowest BCUT2D eigenvalue weighted by Crippen LogP contribution is -2.14. The Kier molecular flexibility index (Phi) is 5.81. The van der Waals surface area contributed by atoms with Gasteiger partial charge in [0.2, 0.25) is 5.91 Å². The van der Waals surface area contributed by atoms with Crippen molar-refractivity contribution in [1.29, 1.82) is 0 Å². The molecular weight excluding hydrogens is 314 g/mol. The second kappa shape index (κ2) is 7.82. The van der Waals surface area contributed by atoms with E-state index in [0.29, 0.717) is 11.3 Å². The molecule has 2 N–H and O–H groups in total. The van der Waals surface area contributed by atoms with Crippen molar-refractivity contribution in [3.8, 4) is 0 Å². The lowest BCUT2D eigenvalue weighted by Gasteiger charge is -2.05. The minimum Gasteiger partial charge on any atom is -0.465 e. The van der Waals surface area contributed by atoms with Gasteiger partial charge in [0.15, 0.2) is 5.16 Å². The van der Waals surface area contributed by atoms with Gasteiger partial charge in [-0.25, -0.2) is 9.78 Å². The van der Waals surface area contributed by atoms with E-state index >= 15 is 0 Å². The van der Waals surface area contributed by atoms with Crippen LogP contribution >= 0.6 is 11.8 Å². The molecule has 0 radical (unpaired) electrons. The molecule has 0 saturated carbocycles. The first kappa shape index (κ1) is 17.1. The van der Waals surface area contributed by atoms with Crippen LogP contribution in [0.5, 0.6) is 0 Å². The highest BCUT2D eigenvalue weighted by Crippen LogP contribution is 2.18. The average molecular weight is 333 g/mol. The number of esters is 1. The zero-order valence-electron chi connectivity index (χ0n) is 13.3. The van der Waals surface area contributed by atoms with Gasteiger partial charge in [-0.3, -0.25) is 4.79 Å². The predicted molar refractivity (Wildman–Crippen MR) is 89.8 cm³/mol. The number of hydrogen-bond acceptors (Lipinski definition) is 5. The molecular formula is C16H19N3O3S. The molecule has 23 heavy (non-hydrogen) atoms. The van der Waals surface area contributed by atoms with Gasteiger partial charge in [-0.1, -0.05) is 18.7 Å². The Labute approximate surface area is 139 Å². The molecule has 0 unspecified atom stereocenters. The van der Waals surface area contributed by atoms with E-state index in [1.54, 1.807) is 24.3 Å². The zero-order valence-corrected chi connectivity index (χ0v) is 14.1. The highest BCUT2D eigenvalue weighted by Gasteiger charge is 2.09. The number of thioether (sulfide) groups is 1. The molecule has 0 aliphatic heterocycles. The fourth-order valence-corrected chi connectivity index (χ4v) is 2.76. The van der Waals surface area contributed by atoms with Crippen LogP contribution in [0.15, 0.2) is 29.4 Å². The van der Waals surface area contributed by atoms with Crippen LogP contribution in [0.2, 0.25) is 0 Å². The number of carbonyl (C=O) groups is 2. The van der Waals surface area contributed by atoms with Crippen LogP contribution in [0, 0.1) is 6.92 Å². The first-order valence-corrected chi connectivity index (χ1v) is 8.18. The van der Waals surface area contributed by atoms with E-state index in [1.165, 1.54) is 18.9 Å². The monoisotopic (exact) mass is 333 g/mol. The normalized spacial score (nSPS) is 10.4. The highest BCUT2D eigenvalue weighted by atomic mass is 32.2. The van der Waals surface area contributed by atoms with E-state index in [1.807, 2.05) is 13.8 Å². The lowest BCUT2D eigenvalue weighted by molar-refractivity contribution is -0.113. The summed E-state index contributed by atoms with van der Waals surface area (Å²) in [7, 11) is 1.33. The molecule has 122 valence electrons. The number of aromatic nitrogens is 2. The average Bonchev–Trinajstić information content (AvgIpc) is 2.93. The number of nitrogens with one attached hydrogen (secondary N) is 2. The molecule has 0 bridgehead atoms. The molecule has 1 aromatic carbocycles. The van der Waals surface area contributed by atoms with Crippen LogP contribution in [0.25, 0.3) is 0 Å². The maximum Gasteiger partial charge on any atom is 0.337 e. The summed E-state index contributed by atoms with van der Waals surface area (Å²) in [4.78, 5) is 30.9. The van der Waals surface area contributed by atoms with Crippen molar-refractivity contribution in [3.63, 3.8) is 0 Å². The number of carbonyl (C=O) groups excluding carboxylic acids is 2. The molecule has 0 spiro atoms. The lowest BCUT2D eigenvalue weighted by atomic mass is 10.2.